The highest BCUT2D eigenvalue weighted by molar-refractivity contribution is 7.92. The number of sulfonamides is 1. The number of nitrogens with one attached hydrogen (secondary N) is 2. The van der Waals surface area contributed by atoms with Crippen LogP contribution in [0.2, 0.25) is 0 Å². The Morgan fingerprint density at radius 1 is 1.00 bits per heavy atom. The molecule has 0 spiro atoms. The van der Waals surface area contributed by atoms with Crippen LogP contribution in [0.25, 0.3) is 0 Å². The average Bonchev–Trinajstić information content (AvgIpc) is 3.71. The maximum absolute atomic E-state index is 13.7. The van der Waals surface area contributed by atoms with Crippen LogP contribution < -0.4 is 24.7 Å². The van der Waals surface area contributed by atoms with E-state index in [1.54, 1.807) is 18.2 Å². The Morgan fingerprint density at radius 3 is 2.37 bits per heavy atom. The highest BCUT2D eigenvalue weighted by Gasteiger charge is 2.29. The van der Waals surface area contributed by atoms with E-state index in [9.17, 15) is 13.2 Å². The van der Waals surface area contributed by atoms with Crippen LogP contribution in [0, 0.1) is 6.92 Å². The standard InChI is InChI=1S/C37H47N9O4S/c1-25-13-14-27(35(47)39-29-20-28(37(2,3)4)21-30(34(29)50-6)41-51(7,48)49)19-32(25)46-24-31(40-42-46)33-22-38-36(43(33)5)45-17-15-44(16-18-45)23-26-11-9-8-10-12-26/h8-14,19-22,31,41H,15-18,23-24H2,1-7H3,(H,39,47). The molecular weight excluding hydrogens is 667 g/mol. The molecule has 1 fully saturated rings. The maximum atomic E-state index is 13.7. The molecule has 0 radical (unpaired) electrons. The van der Waals surface area contributed by atoms with Crippen LogP contribution in [-0.2, 0) is 29.0 Å². The fourth-order valence-corrected chi connectivity index (χ4v) is 7.05. The first kappa shape index (κ1) is 35.9. The predicted octanol–water partition coefficient (Wildman–Crippen LogP) is 5.91. The van der Waals surface area contributed by atoms with Crippen LogP contribution >= 0.6 is 0 Å². The van der Waals surface area contributed by atoms with Crippen molar-refractivity contribution in [1.82, 2.24) is 14.5 Å². The van der Waals surface area contributed by atoms with Gasteiger partial charge in [0, 0.05) is 45.3 Å². The Kier molecular flexibility index (Phi) is 10.1. The van der Waals surface area contributed by atoms with Gasteiger partial charge in [-0.25, -0.2) is 18.4 Å². The third-order valence-electron chi connectivity index (χ3n) is 9.34. The monoisotopic (exact) mass is 713 g/mol. The molecule has 0 saturated carbocycles. The SMILES string of the molecule is COc1c(NC(=O)c2ccc(C)c(N3CC(c4cnc(N5CCN(Cc6ccccc6)CC5)n4C)N=N3)c2)cc(C(C)(C)C)cc1NS(C)(=O)=O. The number of benzene rings is 3. The number of carbonyl (C=O) groups excluding carboxylic acids is 1. The molecule has 0 aliphatic carbocycles. The average molecular weight is 714 g/mol. The number of aromatic nitrogens is 2. The van der Waals surface area contributed by atoms with Crippen molar-refractivity contribution in [2.45, 2.75) is 45.7 Å². The minimum atomic E-state index is -3.61. The quantitative estimate of drug-likeness (QED) is 0.207. The summed E-state index contributed by atoms with van der Waals surface area (Å²) in [5.74, 6) is 0.766. The van der Waals surface area contributed by atoms with Crippen LogP contribution in [0.1, 0.15) is 59.6 Å². The van der Waals surface area contributed by atoms with Gasteiger partial charge in [-0.1, -0.05) is 62.4 Å². The van der Waals surface area contributed by atoms with E-state index in [2.05, 4.69) is 59.0 Å². The van der Waals surface area contributed by atoms with E-state index in [0.717, 1.165) is 67.4 Å². The van der Waals surface area contributed by atoms with Gasteiger partial charge in [0.25, 0.3) is 5.91 Å². The molecule has 1 amide bonds. The fraction of sp³-hybridized carbons (Fsp3) is 0.405. The van der Waals surface area contributed by atoms with Gasteiger partial charge in [-0.05, 0) is 53.3 Å². The van der Waals surface area contributed by atoms with E-state index in [0.29, 0.717) is 17.8 Å². The van der Waals surface area contributed by atoms with Crippen molar-refractivity contribution < 1.29 is 17.9 Å². The van der Waals surface area contributed by atoms with Crippen molar-refractivity contribution in [1.29, 1.82) is 0 Å². The van der Waals surface area contributed by atoms with E-state index in [1.165, 1.54) is 12.7 Å². The summed E-state index contributed by atoms with van der Waals surface area (Å²) < 4.78 is 34.6. The molecule has 51 heavy (non-hydrogen) atoms. The van der Waals surface area contributed by atoms with Gasteiger partial charge in [0.15, 0.2) is 5.75 Å². The van der Waals surface area contributed by atoms with Gasteiger partial charge in [-0.15, -0.1) is 0 Å². The van der Waals surface area contributed by atoms with E-state index >= 15 is 0 Å². The summed E-state index contributed by atoms with van der Waals surface area (Å²) >= 11 is 0. The summed E-state index contributed by atoms with van der Waals surface area (Å²) in [4.78, 5) is 23.3. The number of imidazole rings is 1. The van der Waals surface area contributed by atoms with Gasteiger partial charge in [0.2, 0.25) is 16.0 Å². The number of carbonyl (C=O) groups is 1. The normalized spacial score (nSPS) is 16.8. The highest BCUT2D eigenvalue weighted by Crippen LogP contribution is 2.40. The zero-order valence-electron chi connectivity index (χ0n) is 30.3. The number of nitrogens with zero attached hydrogens (tertiary/aromatic N) is 7. The van der Waals surface area contributed by atoms with E-state index in [1.807, 2.05) is 64.1 Å². The number of aryl methyl sites for hydroxylation is 1. The molecule has 6 rings (SSSR count). The predicted molar refractivity (Wildman–Crippen MR) is 201 cm³/mol. The topological polar surface area (TPSA) is 137 Å². The summed E-state index contributed by atoms with van der Waals surface area (Å²) in [6.07, 6.45) is 2.96. The van der Waals surface area contributed by atoms with Crippen LogP contribution in [-0.4, -0.2) is 74.9 Å². The van der Waals surface area contributed by atoms with Crippen LogP contribution in [0.4, 0.5) is 23.0 Å². The van der Waals surface area contributed by atoms with Crippen LogP contribution in [0.5, 0.6) is 5.75 Å². The number of hydrogen-bond donors (Lipinski definition) is 2. The lowest BCUT2D eigenvalue weighted by Gasteiger charge is -2.35. The number of hydrogen-bond acceptors (Lipinski definition) is 10. The Bertz CT molecular complexity index is 2030. The third-order valence-corrected chi connectivity index (χ3v) is 9.93. The van der Waals surface area contributed by atoms with Gasteiger partial charge >= 0.3 is 0 Å². The first-order chi connectivity index (χ1) is 24.2. The molecule has 1 atom stereocenters. The van der Waals surface area contributed by atoms with Gasteiger partial charge in [0.1, 0.15) is 6.04 Å². The number of ether oxygens (including phenoxy) is 1. The van der Waals surface area contributed by atoms with Crippen molar-refractivity contribution in [3.05, 3.63) is 94.8 Å². The molecule has 270 valence electrons. The Balaban J connectivity index is 1.15. The molecule has 0 bridgehead atoms. The summed E-state index contributed by atoms with van der Waals surface area (Å²) in [5.41, 5.74) is 5.50. The minimum absolute atomic E-state index is 0.218. The zero-order chi connectivity index (χ0) is 36.5. The lowest BCUT2D eigenvalue weighted by Crippen LogP contribution is -2.46. The van der Waals surface area contributed by atoms with Crippen molar-refractivity contribution in [2.24, 2.45) is 17.4 Å². The number of rotatable bonds is 10. The summed E-state index contributed by atoms with van der Waals surface area (Å²) in [6, 6.07) is 19.3. The molecule has 4 aromatic rings. The molecular formula is C37H47N9O4S. The summed E-state index contributed by atoms with van der Waals surface area (Å²) in [7, 11) is -0.144. The Labute approximate surface area is 300 Å². The second kappa shape index (κ2) is 14.3. The lowest BCUT2D eigenvalue weighted by molar-refractivity contribution is 0.102. The van der Waals surface area contributed by atoms with Crippen molar-refractivity contribution >= 4 is 38.9 Å². The van der Waals surface area contributed by atoms with Gasteiger partial charge in [-0.3, -0.25) is 14.4 Å². The zero-order valence-corrected chi connectivity index (χ0v) is 31.2. The van der Waals surface area contributed by atoms with E-state index in [-0.39, 0.29) is 28.8 Å². The van der Waals surface area contributed by atoms with Gasteiger partial charge in [0.05, 0.1) is 48.9 Å². The fourth-order valence-electron chi connectivity index (χ4n) is 6.50. The van der Waals surface area contributed by atoms with Crippen molar-refractivity contribution in [3.63, 3.8) is 0 Å². The molecule has 3 aromatic carbocycles. The van der Waals surface area contributed by atoms with E-state index in [4.69, 9.17) is 9.72 Å². The van der Waals surface area contributed by atoms with Crippen LogP contribution in [0.3, 0.4) is 0 Å². The number of methoxy groups -OCH3 is 1. The summed E-state index contributed by atoms with van der Waals surface area (Å²) in [5, 5.41) is 13.9. The molecule has 2 aliphatic heterocycles. The first-order valence-electron chi connectivity index (χ1n) is 17.0. The van der Waals surface area contributed by atoms with Crippen molar-refractivity contribution in [3.8, 4) is 5.75 Å². The molecule has 1 unspecified atom stereocenters. The van der Waals surface area contributed by atoms with Crippen LogP contribution in [0.15, 0.2) is 77.2 Å². The lowest BCUT2D eigenvalue weighted by atomic mass is 9.86. The number of anilines is 4. The second-order valence-electron chi connectivity index (χ2n) is 14.3. The first-order valence-corrected chi connectivity index (χ1v) is 18.9. The Hall–Kier alpha value is -4.95. The largest absolute Gasteiger partial charge is 0.492 e. The minimum Gasteiger partial charge on any atom is -0.492 e. The van der Waals surface area contributed by atoms with Gasteiger partial charge in [-0.2, -0.15) is 5.11 Å². The Morgan fingerprint density at radius 2 is 1.71 bits per heavy atom. The molecule has 13 nitrogen and oxygen atoms in total. The van der Waals surface area contributed by atoms with E-state index < -0.39 is 10.0 Å². The molecule has 2 N–H and O–H groups in total. The molecule has 14 heteroatoms. The smallest absolute Gasteiger partial charge is 0.255 e. The summed E-state index contributed by atoms with van der Waals surface area (Å²) in [6.45, 7) is 13.2. The molecule has 2 aliphatic rings. The van der Waals surface area contributed by atoms with Gasteiger partial charge < -0.3 is 19.5 Å². The second-order valence-corrected chi connectivity index (χ2v) is 16.0. The third kappa shape index (κ3) is 8.18. The molecule has 1 saturated heterocycles. The molecule has 1 aromatic heterocycles. The number of piperazine rings is 1. The maximum Gasteiger partial charge on any atom is 0.255 e. The highest BCUT2D eigenvalue weighted by atomic mass is 32.2. The number of amides is 1. The van der Waals surface area contributed by atoms with Crippen molar-refractivity contribution in [2.75, 3.05) is 66.0 Å². The molecule has 3 heterocycles.